The van der Waals surface area contributed by atoms with E-state index in [1.165, 1.54) is 12.3 Å². The van der Waals surface area contributed by atoms with Crippen LogP contribution in [0.3, 0.4) is 0 Å². The van der Waals surface area contributed by atoms with Gasteiger partial charge in [0, 0.05) is 20.0 Å². The van der Waals surface area contributed by atoms with Gasteiger partial charge in [-0.05, 0) is 12.5 Å². The quantitative estimate of drug-likeness (QED) is 0.800. The average molecular weight is 279 g/mol. The summed E-state index contributed by atoms with van der Waals surface area (Å²) >= 11 is 0. The summed E-state index contributed by atoms with van der Waals surface area (Å²) in [6, 6.07) is 1.45. The Kier molecular flexibility index (Phi) is 5.96. The standard InChI is InChI=1S/C14H21N3O3/c1-4-6-7-17(3)13-11(14(19)20)8-10(9-15-13)16-12(18)5-2/h8-9H,4-7H2,1-3H3,(H,16,18)(H,19,20). The SMILES string of the molecule is CCCCN(C)c1ncc(NC(=O)CC)cc1C(=O)O. The van der Waals surface area contributed by atoms with Crippen LogP contribution in [0.25, 0.3) is 0 Å². The summed E-state index contributed by atoms with van der Waals surface area (Å²) in [6.07, 6.45) is 3.81. The highest BCUT2D eigenvalue weighted by atomic mass is 16.4. The Labute approximate surface area is 118 Å². The van der Waals surface area contributed by atoms with Gasteiger partial charge in [0.15, 0.2) is 0 Å². The number of carbonyl (C=O) groups is 2. The van der Waals surface area contributed by atoms with Gasteiger partial charge < -0.3 is 15.3 Å². The summed E-state index contributed by atoms with van der Waals surface area (Å²) in [5.41, 5.74) is 0.499. The van der Waals surface area contributed by atoms with Crippen LogP contribution >= 0.6 is 0 Å². The number of anilines is 2. The molecule has 2 N–H and O–H groups in total. The van der Waals surface area contributed by atoms with E-state index in [2.05, 4.69) is 17.2 Å². The number of carbonyl (C=O) groups excluding carboxylic acids is 1. The number of carboxylic acid groups (broad SMARTS) is 1. The van der Waals surface area contributed by atoms with E-state index in [1.807, 2.05) is 11.9 Å². The van der Waals surface area contributed by atoms with E-state index in [4.69, 9.17) is 0 Å². The number of unbranched alkanes of at least 4 members (excludes halogenated alkanes) is 1. The summed E-state index contributed by atoms with van der Waals surface area (Å²) in [4.78, 5) is 28.6. The van der Waals surface area contributed by atoms with Crippen molar-refractivity contribution in [3.8, 4) is 0 Å². The Bertz CT molecular complexity index is 489. The van der Waals surface area contributed by atoms with Crippen LogP contribution in [-0.4, -0.2) is 35.6 Å². The highest BCUT2D eigenvalue weighted by Gasteiger charge is 2.16. The molecule has 6 heteroatoms. The van der Waals surface area contributed by atoms with Gasteiger partial charge in [-0.25, -0.2) is 9.78 Å². The zero-order chi connectivity index (χ0) is 15.1. The van der Waals surface area contributed by atoms with Gasteiger partial charge in [-0.1, -0.05) is 20.3 Å². The van der Waals surface area contributed by atoms with Crippen LogP contribution in [0.2, 0.25) is 0 Å². The van der Waals surface area contributed by atoms with Crippen LogP contribution in [-0.2, 0) is 4.79 Å². The van der Waals surface area contributed by atoms with E-state index in [9.17, 15) is 14.7 Å². The molecule has 0 saturated heterocycles. The number of aromatic carboxylic acids is 1. The van der Waals surface area contributed by atoms with E-state index in [-0.39, 0.29) is 11.5 Å². The number of rotatable bonds is 7. The molecular weight excluding hydrogens is 258 g/mol. The minimum atomic E-state index is -1.05. The molecule has 1 aromatic rings. The molecular formula is C14H21N3O3. The average Bonchev–Trinajstić information content (AvgIpc) is 2.44. The molecule has 0 aliphatic carbocycles. The van der Waals surface area contributed by atoms with Gasteiger partial charge in [0.05, 0.1) is 11.9 Å². The fraction of sp³-hybridized carbons (Fsp3) is 0.500. The minimum absolute atomic E-state index is 0.0949. The van der Waals surface area contributed by atoms with Crippen molar-refractivity contribution in [3.63, 3.8) is 0 Å². The first kappa shape index (κ1) is 15.9. The molecule has 110 valence electrons. The molecule has 1 heterocycles. The van der Waals surface area contributed by atoms with Gasteiger partial charge in [0.1, 0.15) is 11.4 Å². The highest BCUT2D eigenvalue weighted by Crippen LogP contribution is 2.21. The van der Waals surface area contributed by atoms with Gasteiger partial charge in [0.2, 0.25) is 5.91 Å². The topological polar surface area (TPSA) is 82.5 Å². The van der Waals surface area contributed by atoms with Gasteiger partial charge in [-0.15, -0.1) is 0 Å². The summed E-state index contributed by atoms with van der Waals surface area (Å²) in [6.45, 7) is 4.54. The Morgan fingerprint density at radius 1 is 1.40 bits per heavy atom. The predicted molar refractivity (Wildman–Crippen MR) is 78.3 cm³/mol. The number of carboxylic acids is 1. The number of aromatic nitrogens is 1. The zero-order valence-corrected chi connectivity index (χ0v) is 12.1. The van der Waals surface area contributed by atoms with Crippen LogP contribution in [0, 0.1) is 0 Å². The van der Waals surface area contributed by atoms with Crippen molar-refractivity contribution in [3.05, 3.63) is 17.8 Å². The third-order valence-corrected chi connectivity index (χ3v) is 2.91. The van der Waals surface area contributed by atoms with Crippen LogP contribution in [0.1, 0.15) is 43.5 Å². The smallest absolute Gasteiger partial charge is 0.339 e. The molecule has 1 amide bonds. The Balaban J connectivity index is 3.01. The molecule has 0 saturated carbocycles. The van der Waals surface area contributed by atoms with Crippen molar-refractivity contribution in [2.75, 3.05) is 23.8 Å². The van der Waals surface area contributed by atoms with Gasteiger partial charge in [-0.3, -0.25) is 4.79 Å². The third kappa shape index (κ3) is 4.22. The number of hydrogen-bond donors (Lipinski definition) is 2. The molecule has 0 aliphatic rings. The van der Waals surface area contributed by atoms with Crippen molar-refractivity contribution in [1.29, 1.82) is 0 Å². The molecule has 0 radical (unpaired) electrons. The van der Waals surface area contributed by atoms with Crippen molar-refractivity contribution in [1.82, 2.24) is 4.98 Å². The molecule has 0 aromatic carbocycles. The number of amides is 1. The second kappa shape index (κ2) is 7.47. The maximum absolute atomic E-state index is 11.3. The zero-order valence-electron chi connectivity index (χ0n) is 12.1. The second-order valence-electron chi connectivity index (χ2n) is 4.58. The van der Waals surface area contributed by atoms with Crippen molar-refractivity contribution in [2.24, 2.45) is 0 Å². The lowest BCUT2D eigenvalue weighted by atomic mass is 10.2. The lowest BCUT2D eigenvalue weighted by Gasteiger charge is -2.20. The largest absolute Gasteiger partial charge is 0.478 e. The number of hydrogen-bond acceptors (Lipinski definition) is 4. The van der Waals surface area contributed by atoms with E-state index in [0.29, 0.717) is 17.9 Å². The molecule has 0 unspecified atom stereocenters. The Hall–Kier alpha value is -2.11. The van der Waals surface area contributed by atoms with Crippen LogP contribution < -0.4 is 10.2 Å². The first-order valence-corrected chi connectivity index (χ1v) is 6.73. The summed E-state index contributed by atoms with van der Waals surface area (Å²) in [5.74, 6) is -0.806. The van der Waals surface area contributed by atoms with Crippen molar-refractivity contribution >= 4 is 23.4 Å². The lowest BCUT2D eigenvalue weighted by molar-refractivity contribution is -0.115. The highest BCUT2D eigenvalue weighted by molar-refractivity contribution is 5.96. The summed E-state index contributed by atoms with van der Waals surface area (Å²) < 4.78 is 0. The monoisotopic (exact) mass is 279 g/mol. The molecule has 0 aliphatic heterocycles. The van der Waals surface area contributed by atoms with E-state index < -0.39 is 5.97 Å². The maximum Gasteiger partial charge on any atom is 0.339 e. The number of nitrogens with one attached hydrogen (secondary N) is 1. The fourth-order valence-corrected chi connectivity index (χ4v) is 1.74. The molecule has 6 nitrogen and oxygen atoms in total. The van der Waals surface area contributed by atoms with Crippen molar-refractivity contribution < 1.29 is 14.7 Å². The van der Waals surface area contributed by atoms with Crippen LogP contribution in [0.15, 0.2) is 12.3 Å². The first-order valence-electron chi connectivity index (χ1n) is 6.73. The number of pyridine rings is 1. The molecule has 0 spiro atoms. The molecule has 1 rings (SSSR count). The normalized spacial score (nSPS) is 10.2. The molecule has 0 atom stereocenters. The molecule has 1 aromatic heterocycles. The number of nitrogens with zero attached hydrogens (tertiary/aromatic N) is 2. The summed E-state index contributed by atoms with van der Waals surface area (Å²) in [5, 5.41) is 11.9. The van der Waals surface area contributed by atoms with E-state index >= 15 is 0 Å². The van der Waals surface area contributed by atoms with E-state index in [1.54, 1.807) is 6.92 Å². The third-order valence-electron chi connectivity index (χ3n) is 2.91. The van der Waals surface area contributed by atoms with Gasteiger partial charge in [-0.2, -0.15) is 0 Å². The minimum Gasteiger partial charge on any atom is -0.478 e. The van der Waals surface area contributed by atoms with E-state index in [0.717, 1.165) is 19.4 Å². The van der Waals surface area contributed by atoms with Gasteiger partial charge in [0.25, 0.3) is 0 Å². The Morgan fingerprint density at radius 2 is 2.10 bits per heavy atom. The molecule has 20 heavy (non-hydrogen) atoms. The lowest BCUT2D eigenvalue weighted by Crippen LogP contribution is -2.23. The van der Waals surface area contributed by atoms with Crippen LogP contribution in [0.5, 0.6) is 0 Å². The predicted octanol–water partition coefficient (Wildman–Crippen LogP) is 2.36. The van der Waals surface area contributed by atoms with Crippen LogP contribution in [0.4, 0.5) is 11.5 Å². The molecule has 0 bridgehead atoms. The Morgan fingerprint density at radius 3 is 2.65 bits per heavy atom. The fourth-order valence-electron chi connectivity index (χ4n) is 1.74. The maximum atomic E-state index is 11.3. The second-order valence-corrected chi connectivity index (χ2v) is 4.58. The van der Waals surface area contributed by atoms with Crippen molar-refractivity contribution in [2.45, 2.75) is 33.1 Å². The van der Waals surface area contributed by atoms with Gasteiger partial charge >= 0.3 is 5.97 Å². The molecule has 0 fully saturated rings. The summed E-state index contributed by atoms with van der Waals surface area (Å²) in [7, 11) is 1.81. The first-order chi connectivity index (χ1) is 9.49.